The van der Waals surface area contributed by atoms with Gasteiger partial charge in [0.05, 0.1) is 0 Å². The highest BCUT2D eigenvalue weighted by Gasteiger charge is 2.09. The number of carbonyl (C=O) groups is 1. The van der Waals surface area contributed by atoms with Gasteiger partial charge in [0.25, 0.3) is 0 Å². The Morgan fingerprint density at radius 1 is 1.21 bits per heavy atom. The summed E-state index contributed by atoms with van der Waals surface area (Å²) < 4.78 is 0. The molecule has 3 nitrogen and oxygen atoms in total. The highest BCUT2D eigenvalue weighted by molar-refractivity contribution is 5.72. The summed E-state index contributed by atoms with van der Waals surface area (Å²) in [6.45, 7) is 6.26. The standard InChI is InChI=1S/C11H22N2O/c1-11(14)12-7-3-2-4-8-13-9-5-6-10-13/h2-10H2,1H3,(H,12,14). The van der Waals surface area contributed by atoms with Crippen LogP contribution in [0, 0.1) is 0 Å². The van der Waals surface area contributed by atoms with E-state index in [1.807, 2.05) is 0 Å². The number of amides is 1. The molecular weight excluding hydrogens is 176 g/mol. The second kappa shape index (κ2) is 6.82. The molecule has 1 aliphatic rings. The lowest BCUT2D eigenvalue weighted by Crippen LogP contribution is -2.22. The number of hydrogen-bond donors (Lipinski definition) is 1. The molecule has 0 aromatic rings. The van der Waals surface area contributed by atoms with Crippen molar-refractivity contribution in [2.24, 2.45) is 0 Å². The molecule has 1 rings (SSSR count). The SMILES string of the molecule is CC(=O)NCCCCCN1CCCC1. The molecule has 0 aromatic heterocycles. The third kappa shape index (κ3) is 5.22. The molecule has 0 atom stereocenters. The van der Waals surface area contributed by atoms with Crippen LogP contribution >= 0.6 is 0 Å². The Kier molecular flexibility index (Phi) is 5.60. The van der Waals surface area contributed by atoms with Crippen molar-refractivity contribution in [3.05, 3.63) is 0 Å². The summed E-state index contributed by atoms with van der Waals surface area (Å²) in [6, 6.07) is 0. The Balaban J connectivity index is 1.82. The third-order valence-corrected chi connectivity index (χ3v) is 2.72. The second-order valence-electron chi connectivity index (χ2n) is 4.09. The Hall–Kier alpha value is -0.570. The Bertz CT molecular complexity index is 165. The van der Waals surface area contributed by atoms with Crippen LogP contribution in [-0.2, 0) is 4.79 Å². The van der Waals surface area contributed by atoms with Crippen LogP contribution in [0.25, 0.3) is 0 Å². The Labute approximate surface area is 86.9 Å². The predicted octanol–water partition coefficient (Wildman–Crippen LogP) is 1.39. The summed E-state index contributed by atoms with van der Waals surface area (Å²) in [6.07, 6.45) is 6.39. The molecule has 1 heterocycles. The van der Waals surface area contributed by atoms with Crippen LogP contribution in [-0.4, -0.2) is 37.0 Å². The van der Waals surface area contributed by atoms with Gasteiger partial charge in [-0.05, 0) is 45.3 Å². The van der Waals surface area contributed by atoms with E-state index in [0.29, 0.717) is 0 Å². The zero-order valence-electron chi connectivity index (χ0n) is 9.22. The van der Waals surface area contributed by atoms with E-state index < -0.39 is 0 Å². The van der Waals surface area contributed by atoms with Gasteiger partial charge in [0, 0.05) is 13.5 Å². The van der Waals surface area contributed by atoms with Gasteiger partial charge in [-0.1, -0.05) is 6.42 Å². The van der Waals surface area contributed by atoms with Crippen molar-refractivity contribution >= 4 is 5.91 Å². The second-order valence-corrected chi connectivity index (χ2v) is 4.09. The van der Waals surface area contributed by atoms with E-state index in [4.69, 9.17) is 0 Å². The molecule has 82 valence electrons. The van der Waals surface area contributed by atoms with E-state index in [2.05, 4.69) is 10.2 Å². The summed E-state index contributed by atoms with van der Waals surface area (Å²) in [5.74, 6) is 0.0875. The minimum Gasteiger partial charge on any atom is -0.356 e. The first-order valence-electron chi connectivity index (χ1n) is 5.76. The van der Waals surface area contributed by atoms with Crippen LogP contribution in [0.2, 0.25) is 0 Å². The molecule has 0 saturated carbocycles. The van der Waals surface area contributed by atoms with Crippen molar-refractivity contribution < 1.29 is 4.79 Å². The first kappa shape index (κ1) is 11.5. The van der Waals surface area contributed by atoms with Gasteiger partial charge in [-0.2, -0.15) is 0 Å². The molecule has 1 fully saturated rings. The first-order valence-corrected chi connectivity index (χ1v) is 5.76. The highest BCUT2D eigenvalue weighted by Crippen LogP contribution is 2.08. The van der Waals surface area contributed by atoms with E-state index in [0.717, 1.165) is 13.0 Å². The average molecular weight is 198 g/mol. The van der Waals surface area contributed by atoms with E-state index in [-0.39, 0.29) is 5.91 Å². The smallest absolute Gasteiger partial charge is 0.216 e. The fourth-order valence-electron chi connectivity index (χ4n) is 1.91. The van der Waals surface area contributed by atoms with Crippen LogP contribution < -0.4 is 5.32 Å². The van der Waals surface area contributed by atoms with Gasteiger partial charge in [0.15, 0.2) is 0 Å². The number of likely N-dealkylation sites (tertiary alicyclic amines) is 1. The van der Waals surface area contributed by atoms with Crippen LogP contribution in [0.1, 0.15) is 39.0 Å². The normalized spacial score (nSPS) is 17.2. The number of rotatable bonds is 6. The fraction of sp³-hybridized carbons (Fsp3) is 0.909. The Morgan fingerprint density at radius 2 is 1.93 bits per heavy atom. The van der Waals surface area contributed by atoms with Crippen LogP contribution in [0.15, 0.2) is 0 Å². The van der Waals surface area contributed by atoms with Gasteiger partial charge in [-0.25, -0.2) is 0 Å². The summed E-state index contributed by atoms with van der Waals surface area (Å²) in [7, 11) is 0. The van der Waals surface area contributed by atoms with E-state index in [1.165, 1.54) is 45.3 Å². The number of nitrogens with zero attached hydrogens (tertiary/aromatic N) is 1. The molecule has 1 N–H and O–H groups in total. The maximum Gasteiger partial charge on any atom is 0.216 e. The van der Waals surface area contributed by atoms with Crippen molar-refractivity contribution in [2.75, 3.05) is 26.2 Å². The topological polar surface area (TPSA) is 32.3 Å². The Morgan fingerprint density at radius 3 is 2.57 bits per heavy atom. The highest BCUT2D eigenvalue weighted by atomic mass is 16.1. The fourth-order valence-corrected chi connectivity index (χ4v) is 1.91. The number of unbranched alkanes of at least 4 members (excludes halogenated alkanes) is 2. The zero-order valence-corrected chi connectivity index (χ0v) is 9.22. The average Bonchev–Trinajstić information content (AvgIpc) is 2.63. The predicted molar refractivity (Wildman–Crippen MR) is 58.2 cm³/mol. The lowest BCUT2D eigenvalue weighted by molar-refractivity contribution is -0.118. The van der Waals surface area contributed by atoms with E-state index in [1.54, 1.807) is 6.92 Å². The zero-order chi connectivity index (χ0) is 10.2. The first-order chi connectivity index (χ1) is 6.79. The van der Waals surface area contributed by atoms with Gasteiger partial charge in [0.1, 0.15) is 0 Å². The van der Waals surface area contributed by atoms with Crippen molar-refractivity contribution in [1.29, 1.82) is 0 Å². The molecule has 1 saturated heterocycles. The molecule has 1 amide bonds. The lowest BCUT2D eigenvalue weighted by atomic mass is 10.2. The minimum atomic E-state index is 0.0875. The van der Waals surface area contributed by atoms with Crippen LogP contribution in [0.4, 0.5) is 0 Å². The molecule has 0 bridgehead atoms. The van der Waals surface area contributed by atoms with Gasteiger partial charge in [0.2, 0.25) is 5.91 Å². The van der Waals surface area contributed by atoms with Crippen LogP contribution in [0.5, 0.6) is 0 Å². The summed E-state index contributed by atoms with van der Waals surface area (Å²) in [5, 5.41) is 2.82. The summed E-state index contributed by atoms with van der Waals surface area (Å²) >= 11 is 0. The third-order valence-electron chi connectivity index (χ3n) is 2.72. The number of carbonyl (C=O) groups excluding carboxylic acids is 1. The van der Waals surface area contributed by atoms with Gasteiger partial charge < -0.3 is 10.2 Å². The lowest BCUT2D eigenvalue weighted by Gasteiger charge is -2.13. The molecule has 3 heteroatoms. The molecule has 14 heavy (non-hydrogen) atoms. The summed E-state index contributed by atoms with van der Waals surface area (Å²) in [4.78, 5) is 13.1. The van der Waals surface area contributed by atoms with E-state index in [9.17, 15) is 4.79 Å². The quantitative estimate of drug-likeness (QED) is 0.654. The largest absolute Gasteiger partial charge is 0.356 e. The maximum absolute atomic E-state index is 10.6. The molecule has 1 aliphatic heterocycles. The van der Waals surface area contributed by atoms with Crippen molar-refractivity contribution in [1.82, 2.24) is 10.2 Å². The number of hydrogen-bond acceptors (Lipinski definition) is 2. The maximum atomic E-state index is 10.6. The molecule has 0 spiro atoms. The number of nitrogens with one attached hydrogen (secondary N) is 1. The van der Waals surface area contributed by atoms with Gasteiger partial charge in [-0.3, -0.25) is 4.79 Å². The van der Waals surface area contributed by atoms with Gasteiger partial charge >= 0.3 is 0 Å². The van der Waals surface area contributed by atoms with E-state index >= 15 is 0 Å². The minimum absolute atomic E-state index is 0.0875. The molecular formula is C11H22N2O. The monoisotopic (exact) mass is 198 g/mol. The molecule has 0 aromatic carbocycles. The molecule has 0 aliphatic carbocycles. The van der Waals surface area contributed by atoms with Crippen LogP contribution in [0.3, 0.4) is 0 Å². The van der Waals surface area contributed by atoms with Crippen molar-refractivity contribution in [3.8, 4) is 0 Å². The van der Waals surface area contributed by atoms with Crippen molar-refractivity contribution in [3.63, 3.8) is 0 Å². The van der Waals surface area contributed by atoms with Gasteiger partial charge in [-0.15, -0.1) is 0 Å². The molecule has 0 radical (unpaired) electrons. The molecule has 0 unspecified atom stereocenters. The summed E-state index contributed by atoms with van der Waals surface area (Å²) in [5.41, 5.74) is 0. The van der Waals surface area contributed by atoms with Crippen molar-refractivity contribution in [2.45, 2.75) is 39.0 Å².